The fourth-order valence-corrected chi connectivity index (χ4v) is 1.31. The van der Waals surface area contributed by atoms with Crippen LogP contribution in [0.2, 0.25) is 0 Å². The Labute approximate surface area is 90.2 Å². The van der Waals surface area contributed by atoms with E-state index in [1.54, 1.807) is 12.1 Å². The molecule has 0 atom stereocenters. The van der Waals surface area contributed by atoms with Crippen LogP contribution in [-0.2, 0) is 0 Å². The first-order chi connectivity index (χ1) is 7.27. The van der Waals surface area contributed by atoms with Crippen LogP contribution in [0.15, 0.2) is 24.3 Å². The number of anilines is 1. The van der Waals surface area contributed by atoms with Crippen LogP contribution in [0.5, 0.6) is 0 Å². The number of nitriles is 2. The Bertz CT molecular complexity index is 381. The smallest absolute Gasteiger partial charge is 0.0991 e. The molecule has 0 spiro atoms. The second-order valence-corrected chi connectivity index (χ2v) is 3.34. The molecule has 3 heteroatoms. The van der Waals surface area contributed by atoms with E-state index in [1.165, 1.54) is 0 Å². The summed E-state index contributed by atoms with van der Waals surface area (Å²) in [5.74, 6) is 0. The van der Waals surface area contributed by atoms with Gasteiger partial charge >= 0.3 is 0 Å². The van der Waals surface area contributed by atoms with Crippen molar-refractivity contribution in [2.45, 2.75) is 12.8 Å². The SMILES string of the molecule is CN(CCCC#N)c1ccc(C#N)cc1. The van der Waals surface area contributed by atoms with Crippen LogP contribution in [-0.4, -0.2) is 13.6 Å². The number of hydrogen-bond donors (Lipinski definition) is 0. The summed E-state index contributed by atoms with van der Waals surface area (Å²) in [7, 11) is 1.98. The zero-order chi connectivity index (χ0) is 11.1. The van der Waals surface area contributed by atoms with Crippen molar-refractivity contribution in [2.24, 2.45) is 0 Å². The largest absolute Gasteiger partial charge is 0.375 e. The first-order valence-electron chi connectivity index (χ1n) is 4.86. The highest BCUT2D eigenvalue weighted by Gasteiger charge is 1.99. The second kappa shape index (κ2) is 5.67. The minimum atomic E-state index is 0.584. The maximum atomic E-state index is 8.64. The van der Waals surface area contributed by atoms with Crippen molar-refractivity contribution in [3.63, 3.8) is 0 Å². The first kappa shape index (κ1) is 11.1. The van der Waals surface area contributed by atoms with Crippen LogP contribution in [0.1, 0.15) is 18.4 Å². The molecule has 1 aromatic rings. The van der Waals surface area contributed by atoms with E-state index in [4.69, 9.17) is 10.5 Å². The third-order valence-electron chi connectivity index (χ3n) is 2.22. The van der Waals surface area contributed by atoms with Gasteiger partial charge in [-0.25, -0.2) is 0 Å². The van der Waals surface area contributed by atoms with Crippen molar-refractivity contribution in [3.05, 3.63) is 29.8 Å². The predicted molar refractivity (Wildman–Crippen MR) is 59.3 cm³/mol. The Hall–Kier alpha value is -2.00. The van der Waals surface area contributed by atoms with Crippen molar-refractivity contribution in [1.29, 1.82) is 10.5 Å². The van der Waals surface area contributed by atoms with Gasteiger partial charge in [0.2, 0.25) is 0 Å². The lowest BCUT2D eigenvalue weighted by Crippen LogP contribution is -2.18. The summed E-state index contributed by atoms with van der Waals surface area (Å²) in [5.41, 5.74) is 1.75. The normalized spacial score (nSPS) is 9.00. The van der Waals surface area contributed by atoms with Gasteiger partial charge < -0.3 is 4.90 Å². The second-order valence-electron chi connectivity index (χ2n) is 3.34. The topological polar surface area (TPSA) is 50.8 Å². The third kappa shape index (κ3) is 3.32. The summed E-state index contributed by atoms with van der Waals surface area (Å²) in [6, 6.07) is 11.7. The molecule has 0 bridgehead atoms. The lowest BCUT2D eigenvalue weighted by Gasteiger charge is -2.18. The molecule has 0 fully saturated rings. The highest BCUT2D eigenvalue weighted by atomic mass is 15.1. The van der Waals surface area contributed by atoms with Crippen LogP contribution in [0.3, 0.4) is 0 Å². The first-order valence-corrected chi connectivity index (χ1v) is 4.86. The number of rotatable bonds is 4. The quantitative estimate of drug-likeness (QED) is 0.699. The molecular weight excluding hydrogens is 186 g/mol. The van der Waals surface area contributed by atoms with E-state index < -0.39 is 0 Å². The van der Waals surface area contributed by atoms with Crippen molar-refractivity contribution in [3.8, 4) is 12.1 Å². The Morgan fingerprint density at radius 3 is 2.40 bits per heavy atom. The summed E-state index contributed by atoms with van der Waals surface area (Å²) in [5, 5.41) is 17.1. The summed E-state index contributed by atoms with van der Waals surface area (Å²) < 4.78 is 0. The van der Waals surface area contributed by atoms with Gasteiger partial charge in [0.1, 0.15) is 0 Å². The minimum Gasteiger partial charge on any atom is -0.375 e. The molecule has 0 unspecified atom stereocenters. The molecule has 0 N–H and O–H groups in total. The molecule has 0 aromatic heterocycles. The molecule has 1 aromatic carbocycles. The zero-order valence-corrected chi connectivity index (χ0v) is 8.77. The molecule has 1 rings (SSSR count). The highest BCUT2D eigenvalue weighted by molar-refractivity contribution is 5.48. The van der Waals surface area contributed by atoms with Gasteiger partial charge in [-0.1, -0.05) is 0 Å². The molecule has 0 saturated heterocycles. The van der Waals surface area contributed by atoms with Gasteiger partial charge in [0.05, 0.1) is 17.7 Å². The van der Waals surface area contributed by atoms with Gasteiger partial charge in [0.25, 0.3) is 0 Å². The lowest BCUT2D eigenvalue weighted by molar-refractivity contribution is 0.806. The standard InChI is InChI=1S/C12H13N3/c1-15(9-3-2-8-13)12-6-4-11(10-14)5-7-12/h4-7H,2-3,9H2,1H3. The molecule has 15 heavy (non-hydrogen) atoms. The van der Waals surface area contributed by atoms with Crippen LogP contribution in [0, 0.1) is 22.7 Å². The lowest BCUT2D eigenvalue weighted by atomic mass is 10.2. The van der Waals surface area contributed by atoms with E-state index in [0.29, 0.717) is 12.0 Å². The van der Waals surface area contributed by atoms with Crippen LogP contribution in [0.25, 0.3) is 0 Å². The van der Waals surface area contributed by atoms with Crippen molar-refractivity contribution in [1.82, 2.24) is 0 Å². The highest BCUT2D eigenvalue weighted by Crippen LogP contribution is 2.13. The van der Waals surface area contributed by atoms with Gasteiger partial charge in [0.15, 0.2) is 0 Å². The minimum absolute atomic E-state index is 0.584. The van der Waals surface area contributed by atoms with E-state index in [-0.39, 0.29) is 0 Å². The predicted octanol–water partition coefficient (Wildman–Crippen LogP) is 2.30. The van der Waals surface area contributed by atoms with Gasteiger partial charge in [-0.2, -0.15) is 10.5 Å². The van der Waals surface area contributed by atoms with E-state index in [0.717, 1.165) is 18.7 Å². The Kier molecular flexibility index (Phi) is 4.19. The molecule has 0 amide bonds. The van der Waals surface area contributed by atoms with Gasteiger partial charge in [-0.3, -0.25) is 0 Å². The molecule has 0 radical (unpaired) electrons. The van der Waals surface area contributed by atoms with E-state index >= 15 is 0 Å². The maximum absolute atomic E-state index is 8.64. The van der Waals surface area contributed by atoms with E-state index in [9.17, 15) is 0 Å². The van der Waals surface area contributed by atoms with Gasteiger partial charge in [-0.15, -0.1) is 0 Å². The van der Waals surface area contributed by atoms with E-state index in [1.807, 2.05) is 19.2 Å². The third-order valence-corrected chi connectivity index (χ3v) is 2.22. The fraction of sp³-hybridized carbons (Fsp3) is 0.333. The molecular formula is C12H13N3. The van der Waals surface area contributed by atoms with Gasteiger partial charge in [0, 0.05) is 25.7 Å². The van der Waals surface area contributed by atoms with Crippen LogP contribution >= 0.6 is 0 Å². The summed E-state index contributed by atoms with van der Waals surface area (Å²) in [4.78, 5) is 2.08. The maximum Gasteiger partial charge on any atom is 0.0991 e. The molecule has 0 aliphatic heterocycles. The molecule has 0 saturated carbocycles. The van der Waals surface area contributed by atoms with Crippen molar-refractivity contribution < 1.29 is 0 Å². The number of unbranched alkanes of at least 4 members (excludes halogenated alkanes) is 1. The number of benzene rings is 1. The molecule has 0 aliphatic rings. The van der Waals surface area contributed by atoms with E-state index in [2.05, 4.69) is 17.0 Å². The summed E-state index contributed by atoms with van der Waals surface area (Å²) in [6.07, 6.45) is 1.45. The Morgan fingerprint density at radius 1 is 1.20 bits per heavy atom. The van der Waals surface area contributed by atoms with Crippen LogP contribution in [0.4, 0.5) is 5.69 Å². The average molecular weight is 199 g/mol. The molecule has 0 aliphatic carbocycles. The number of hydrogen-bond acceptors (Lipinski definition) is 3. The fourth-order valence-electron chi connectivity index (χ4n) is 1.31. The van der Waals surface area contributed by atoms with Crippen molar-refractivity contribution >= 4 is 5.69 Å². The van der Waals surface area contributed by atoms with Crippen molar-refractivity contribution in [2.75, 3.05) is 18.5 Å². The molecule has 0 heterocycles. The Balaban J connectivity index is 2.55. The van der Waals surface area contributed by atoms with Crippen LogP contribution < -0.4 is 4.90 Å². The van der Waals surface area contributed by atoms with Gasteiger partial charge in [-0.05, 0) is 30.7 Å². The zero-order valence-electron chi connectivity index (χ0n) is 8.77. The molecule has 76 valence electrons. The Morgan fingerprint density at radius 2 is 1.87 bits per heavy atom. The summed E-state index contributed by atoms with van der Waals surface area (Å²) in [6.45, 7) is 0.861. The monoisotopic (exact) mass is 199 g/mol. The summed E-state index contributed by atoms with van der Waals surface area (Å²) >= 11 is 0. The number of nitrogens with zero attached hydrogens (tertiary/aromatic N) is 3. The average Bonchev–Trinajstić information content (AvgIpc) is 2.29. The molecule has 3 nitrogen and oxygen atoms in total.